The van der Waals surface area contributed by atoms with Crippen LogP contribution < -0.4 is 0 Å². The Morgan fingerprint density at radius 3 is 2.75 bits per heavy atom. The zero-order chi connectivity index (χ0) is 14.5. The lowest BCUT2D eigenvalue weighted by molar-refractivity contribution is -0.157. The Kier molecular flexibility index (Phi) is 3.37. The molecular formula is C14H20F3NO2. The predicted molar refractivity (Wildman–Crippen MR) is 66.0 cm³/mol. The van der Waals surface area contributed by atoms with Gasteiger partial charge in [0.1, 0.15) is 6.61 Å². The number of alkyl halides is 3. The first-order chi connectivity index (χ1) is 9.37. The Bertz CT molecular complexity index is 398. The minimum Gasteiger partial charge on any atom is -0.447 e. The van der Waals surface area contributed by atoms with Crippen molar-refractivity contribution in [2.45, 2.75) is 57.3 Å². The first-order valence-electron chi connectivity index (χ1n) is 7.38. The van der Waals surface area contributed by atoms with Crippen molar-refractivity contribution in [3.63, 3.8) is 0 Å². The van der Waals surface area contributed by atoms with Crippen LogP contribution in [0.1, 0.15) is 39.0 Å². The average molecular weight is 291 g/mol. The molecule has 20 heavy (non-hydrogen) atoms. The molecule has 1 aliphatic carbocycles. The molecule has 0 aromatic heterocycles. The van der Waals surface area contributed by atoms with E-state index in [4.69, 9.17) is 4.74 Å². The van der Waals surface area contributed by atoms with Crippen molar-refractivity contribution in [2.75, 3.05) is 6.61 Å². The van der Waals surface area contributed by atoms with Crippen LogP contribution in [0.15, 0.2) is 0 Å². The number of piperidine rings is 1. The highest BCUT2D eigenvalue weighted by Crippen LogP contribution is 2.49. The van der Waals surface area contributed by atoms with Crippen molar-refractivity contribution in [1.82, 2.24) is 4.90 Å². The van der Waals surface area contributed by atoms with Crippen LogP contribution in [0, 0.1) is 17.8 Å². The summed E-state index contributed by atoms with van der Waals surface area (Å²) in [6.45, 7) is 2.30. The summed E-state index contributed by atoms with van der Waals surface area (Å²) in [5, 5.41) is 0. The van der Waals surface area contributed by atoms with E-state index in [9.17, 15) is 18.0 Å². The molecule has 2 heterocycles. The number of hydrogen-bond donors (Lipinski definition) is 0. The number of carbonyl (C=O) groups is 1. The van der Waals surface area contributed by atoms with Crippen molar-refractivity contribution in [1.29, 1.82) is 0 Å². The third-order valence-electron chi connectivity index (χ3n) is 5.37. The summed E-state index contributed by atoms with van der Waals surface area (Å²) in [6.07, 6.45) is -1.97. The Labute approximate surface area is 116 Å². The van der Waals surface area contributed by atoms with Gasteiger partial charge in [-0.1, -0.05) is 6.42 Å². The van der Waals surface area contributed by atoms with E-state index in [-0.39, 0.29) is 35.9 Å². The molecule has 0 spiro atoms. The van der Waals surface area contributed by atoms with Crippen LogP contribution in [0.5, 0.6) is 0 Å². The Hall–Kier alpha value is -0.940. The molecule has 0 aromatic rings. The van der Waals surface area contributed by atoms with E-state index < -0.39 is 12.6 Å². The molecule has 3 rings (SSSR count). The van der Waals surface area contributed by atoms with Crippen LogP contribution >= 0.6 is 0 Å². The first-order valence-corrected chi connectivity index (χ1v) is 7.38. The number of halogens is 3. The van der Waals surface area contributed by atoms with Gasteiger partial charge < -0.3 is 4.74 Å². The summed E-state index contributed by atoms with van der Waals surface area (Å²) >= 11 is 0. The lowest BCUT2D eigenvalue weighted by Gasteiger charge is -2.50. The van der Waals surface area contributed by atoms with Gasteiger partial charge in [-0.15, -0.1) is 0 Å². The van der Waals surface area contributed by atoms with E-state index in [1.54, 1.807) is 4.90 Å². The molecule has 1 saturated carbocycles. The molecule has 1 amide bonds. The van der Waals surface area contributed by atoms with E-state index in [0.29, 0.717) is 19.4 Å². The molecule has 2 saturated heterocycles. The number of fused-ring (bicyclic) bond motifs is 2. The topological polar surface area (TPSA) is 29.5 Å². The molecule has 0 bridgehead atoms. The van der Waals surface area contributed by atoms with E-state index in [0.717, 1.165) is 12.8 Å². The number of amides is 1. The Balaban J connectivity index is 1.79. The molecule has 0 N–H and O–H groups in total. The summed E-state index contributed by atoms with van der Waals surface area (Å²) in [4.78, 5) is 13.5. The van der Waals surface area contributed by atoms with Crippen LogP contribution in [-0.2, 0) is 4.74 Å². The minimum absolute atomic E-state index is 0.00443. The molecule has 3 nitrogen and oxygen atoms in total. The number of nitrogens with zero attached hydrogens (tertiary/aromatic N) is 1. The van der Waals surface area contributed by atoms with Gasteiger partial charge in [0, 0.05) is 12.5 Å². The standard InChI is InChI=1S/C14H20F3NO2/c1-8-11-4-2-3-9(6-14(15,16)17)12(11)5-10-7-20-13(19)18(8)10/h8-12H,2-7H2,1H3/t8?,9?,10-,11?,12?/m1/s1. The summed E-state index contributed by atoms with van der Waals surface area (Å²) in [6, 6.07) is -0.0163. The fourth-order valence-electron chi connectivity index (χ4n) is 4.58. The lowest BCUT2D eigenvalue weighted by atomic mass is 9.63. The van der Waals surface area contributed by atoms with Gasteiger partial charge in [-0.25, -0.2) is 4.79 Å². The SMILES string of the molecule is CC1C2CCCC(CC(F)(F)F)C2C[C@@H]2COC(=O)N12. The fourth-order valence-corrected chi connectivity index (χ4v) is 4.58. The monoisotopic (exact) mass is 291 g/mol. The number of cyclic esters (lactones) is 1. The van der Waals surface area contributed by atoms with E-state index in [1.807, 2.05) is 6.92 Å². The van der Waals surface area contributed by atoms with Crippen molar-refractivity contribution in [3.8, 4) is 0 Å². The van der Waals surface area contributed by atoms with Crippen molar-refractivity contribution >= 4 is 6.09 Å². The Morgan fingerprint density at radius 1 is 1.30 bits per heavy atom. The van der Waals surface area contributed by atoms with E-state index in [1.165, 1.54) is 0 Å². The van der Waals surface area contributed by atoms with Gasteiger partial charge in [-0.05, 0) is 43.9 Å². The highest BCUT2D eigenvalue weighted by molar-refractivity contribution is 5.70. The van der Waals surface area contributed by atoms with Crippen molar-refractivity contribution in [3.05, 3.63) is 0 Å². The van der Waals surface area contributed by atoms with Crippen LogP contribution in [0.25, 0.3) is 0 Å². The molecule has 0 aromatic carbocycles. The highest BCUT2D eigenvalue weighted by atomic mass is 19.4. The molecule has 2 aliphatic heterocycles. The highest BCUT2D eigenvalue weighted by Gasteiger charge is 2.51. The van der Waals surface area contributed by atoms with Crippen molar-refractivity contribution in [2.24, 2.45) is 17.8 Å². The molecule has 3 aliphatic rings. The zero-order valence-electron chi connectivity index (χ0n) is 11.5. The van der Waals surface area contributed by atoms with Crippen LogP contribution in [-0.4, -0.2) is 35.9 Å². The Morgan fingerprint density at radius 2 is 2.05 bits per heavy atom. The second-order valence-electron chi connectivity index (χ2n) is 6.45. The second-order valence-corrected chi connectivity index (χ2v) is 6.45. The van der Waals surface area contributed by atoms with Gasteiger partial charge >= 0.3 is 12.3 Å². The lowest BCUT2D eigenvalue weighted by Crippen LogP contribution is -2.55. The van der Waals surface area contributed by atoms with E-state index >= 15 is 0 Å². The third kappa shape index (κ3) is 2.37. The predicted octanol–water partition coefficient (Wildman–Crippen LogP) is 3.58. The van der Waals surface area contributed by atoms with Crippen LogP contribution in [0.4, 0.5) is 18.0 Å². The summed E-state index contributed by atoms with van der Waals surface area (Å²) < 4.78 is 43.3. The fraction of sp³-hybridized carbons (Fsp3) is 0.929. The van der Waals surface area contributed by atoms with Gasteiger partial charge in [0.25, 0.3) is 0 Å². The maximum Gasteiger partial charge on any atom is 0.410 e. The summed E-state index contributed by atoms with van der Waals surface area (Å²) in [5.74, 6) is -0.0109. The maximum absolute atomic E-state index is 12.7. The molecule has 5 atom stereocenters. The van der Waals surface area contributed by atoms with E-state index in [2.05, 4.69) is 0 Å². The first kappa shape index (κ1) is 14.0. The molecule has 4 unspecified atom stereocenters. The van der Waals surface area contributed by atoms with Gasteiger partial charge in [0.15, 0.2) is 0 Å². The largest absolute Gasteiger partial charge is 0.447 e. The zero-order valence-corrected chi connectivity index (χ0v) is 11.5. The number of ether oxygens (including phenoxy) is 1. The minimum atomic E-state index is -4.09. The maximum atomic E-state index is 12.7. The van der Waals surface area contributed by atoms with Gasteiger partial charge in [0.05, 0.1) is 6.04 Å². The van der Waals surface area contributed by atoms with Gasteiger partial charge in [0.2, 0.25) is 0 Å². The van der Waals surface area contributed by atoms with Crippen molar-refractivity contribution < 1.29 is 22.7 Å². The number of carbonyl (C=O) groups excluding carboxylic acids is 1. The molecule has 3 fully saturated rings. The molecule has 114 valence electrons. The third-order valence-corrected chi connectivity index (χ3v) is 5.37. The summed E-state index contributed by atoms with van der Waals surface area (Å²) in [7, 11) is 0. The van der Waals surface area contributed by atoms with Gasteiger partial charge in [-0.3, -0.25) is 4.90 Å². The van der Waals surface area contributed by atoms with Gasteiger partial charge in [-0.2, -0.15) is 13.2 Å². The molecule has 0 radical (unpaired) electrons. The number of hydrogen-bond acceptors (Lipinski definition) is 2. The van der Waals surface area contributed by atoms with Crippen LogP contribution in [0.3, 0.4) is 0 Å². The smallest absolute Gasteiger partial charge is 0.410 e. The van der Waals surface area contributed by atoms with Crippen LogP contribution in [0.2, 0.25) is 0 Å². The molecular weight excluding hydrogens is 271 g/mol. The second kappa shape index (κ2) is 4.81. The summed E-state index contributed by atoms with van der Waals surface area (Å²) in [5.41, 5.74) is 0. The molecule has 6 heteroatoms. The average Bonchev–Trinajstić information content (AvgIpc) is 2.71. The quantitative estimate of drug-likeness (QED) is 0.739. The normalized spacial score (nSPS) is 41.1. The number of rotatable bonds is 1.